The summed E-state index contributed by atoms with van der Waals surface area (Å²) in [4.78, 5) is 40.1. The number of rotatable bonds is 12. The van der Waals surface area contributed by atoms with Crippen LogP contribution in [0.3, 0.4) is 0 Å². The predicted molar refractivity (Wildman–Crippen MR) is 220 cm³/mol. The van der Waals surface area contributed by atoms with Crippen molar-refractivity contribution < 1.29 is 73.1 Å². The van der Waals surface area contributed by atoms with Gasteiger partial charge >= 0.3 is 11.9 Å². The highest BCUT2D eigenvalue weighted by atomic mass is 16.8. The van der Waals surface area contributed by atoms with E-state index in [-0.39, 0.29) is 47.4 Å². The van der Waals surface area contributed by atoms with Crippen LogP contribution in [0.5, 0.6) is 5.75 Å². The van der Waals surface area contributed by atoms with E-state index in [1.54, 1.807) is 19.1 Å². The Morgan fingerprint density at radius 1 is 0.871 bits per heavy atom. The summed E-state index contributed by atoms with van der Waals surface area (Å²) in [5.74, 6) is -1.86. The number of hydrogen-bond acceptors (Lipinski definition) is 15. The highest BCUT2D eigenvalue weighted by Gasteiger charge is 2.71. The normalized spacial score (nSPS) is 42.1. The van der Waals surface area contributed by atoms with Gasteiger partial charge in [0.1, 0.15) is 35.8 Å². The van der Waals surface area contributed by atoms with E-state index >= 15 is 0 Å². The number of benzene rings is 1. The van der Waals surface area contributed by atoms with E-state index in [9.17, 15) is 39.9 Å². The minimum atomic E-state index is -1.73. The summed E-state index contributed by atoms with van der Waals surface area (Å²) in [6.07, 6.45) is -6.33. The molecule has 5 fully saturated rings. The van der Waals surface area contributed by atoms with Crippen LogP contribution in [0.15, 0.2) is 35.9 Å². The van der Waals surface area contributed by atoms with Gasteiger partial charge in [-0.15, -0.1) is 0 Å². The van der Waals surface area contributed by atoms with Crippen molar-refractivity contribution in [3.05, 3.63) is 41.5 Å². The van der Waals surface area contributed by atoms with Gasteiger partial charge in [0.05, 0.1) is 44.0 Å². The van der Waals surface area contributed by atoms with E-state index in [4.69, 9.17) is 33.2 Å². The third-order valence-electron chi connectivity index (χ3n) is 15.4. The molecule has 17 atom stereocenters. The van der Waals surface area contributed by atoms with Crippen molar-refractivity contribution in [1.29, 1.82) is 0 Å². The molecule has 6 aliphatic rings. The lowest BCUT2D eigenvalue weighted by Crippen LogP contribution is -2.65. The molecule has 1 aromatic carbocycles. The van der Waals surface area contributed by atoms with Crippen LogP contribution in [0.25, 0.3) is 0 Å². The first-order valence-corrected chi connectivity index (χ1v) is 22.3. The Hall–Kier alpha value is -3.19. The Kier molecular flexibility index (Phi) is 13.9. The van der Waals surface area contributed by atoms with Crippen LogP contribution in [-0.4, -0.2) is 137 Å². The smallest absolute Gasteiger partial charge is 0.338 e. The van der Waals surface area contributed by atoms with Gasteiger partial charge < -0.3 is 64.0 Å². The number of fused-ring (bicyclic) bond motifs is 5. The van der Waals surface area contributed by atoms with Crippen LogP contribution >= 0.6 is 0 Å². The number of carbonyl (C=O) groups excluding carboxylic acids is 3. The second kappa shape index (κ2) is 18.4. The van der Waals surface area contributed by atoms with Crippen LogP contribution in [0.1, 0.15) is 96.8 Å². The quantitative estimate of drug-likeness (QED) is 0.131. The summed E-state index contributed by atoms with van der Waals surface area (Å²) in [7, 11) is 1.48. The van der Waals surface area contributed by atoms with Crippen molar-refractivity contribution in [3.8, 4) is 5.75 Å². The van der Waals surface area contributed by atoms with E-state index < -0.39 is 90.8 Å². The van der Waals surface area contributed by atoms with Crippen molar-refractivity contribution in [2.75, 3.05) is 26.9 Å². The third kappa shape index (κ3) is 8.56. The summed E-state index contributed by atoms with van der Waals surface area (Å²) in [5.41, 5.74) is -1.21. The molecule has 7 rings (SSSR count). The average Bonchev–Trinajstić information content (AvgIpc) is 3.47. The number of aliphatic hydroxyl groups is 5. The minimum absolute atomic E-state index is 0.0869. The van der Waals surface area contributed by atoms with Gasteiger partial charge in [-0.25, -0.2) is 4.79 Å². The van der Waals surface area contributed by atoms with Gasteiger partial charge in [0, 0.05) is 18.9 Å². The molecular weight excluding hydrogens is 806 g/mol. The fourth-order valence-corrected chi connectivity index (χ4v) is 11.9. The van der Waals surface area contributed by atoms with Crippen molar-refractivity contribution in [2.24, 2.45) is 40.4 Å². The molecule has 2 heterocycles. The van der Waals surface area contributed by atoms with Gasteiger partial charge in [-0.1, -0.05) is 46.3 Å². The fraction of sp³-hybridized carbons (Fsp3) is 0.761. The lowest BCUT2D eigenvalue weighted by molar-refractivity contribution is -0.345. The van der Waals surface area contributed by atoms with Gasteiger partial charge in [-0.05, 0) is 98.3 Å². The number of hydrogen-bond donors (Lipinski definition) is 6. The first kappa shape index (κ1) is 46.8. The van der Waals surface area contributed by atoms with E-state index in [0.717, 1.165) is 25.7 Å². The van der Waals surface area contributed by atoms with Gasteiger partial charge in [-0.3, -0.25) is 9.59 Å². The summed E-state index contributed by atoms with van der Waals surface area (Å²) in [5, 5.41) is 60.0. The highest BCUT2D eigenvalue weighted by Crippen LogP contribution is 2.69. The number of carbonyl (C=O) groups is 3. The molecule has 1 amide bonds. The topological polar surface area (TPSA) is 229 Å². The third-order valence-corrected chi connectivity index (χ3v) is 15.4. The zero-order valence-corrected chi connectivity index (χ0v) is 36.9. The number of esters is 2. The summed E-state index contributed by atoms with van der Waals surface area (Å²) >= 11 is 0. The standard InChI is InChI=1S/C46H67NO15/c1-23(2)20-47-40(53)24(3)46(55)35(19-32-30-13-10-27-18-28(49)14-16-44(27,5)31(30)15-17-45(32,46)6)60-43-39(59-25(4)48)37(34(51)22-58-43)62-42-38(36(52)33(50)21-57-42)61-41(54)26-8-11-29(56-7)12-9-26/h8-12,23-24,28,30-39,42-43,49-52,55H,13-22H2,1-7H3,(H,47,53)/t24-,28+,30-,31+,32+,33-,34+,35+,36+,37+,38-,39-,42+,43+,44+,45+,46-/m1/s1. The molecule has 2 saturated heterocycles. The van der Waals surface area contributed by atoms with E-state index in [1.165, 1.54) is 31.7 Å². The second-order valence-electron chi connectivity index (χ2n) is 19.5. The highest BCUT2D eigenvalue weighted by molar-refractivity contribution is 5.89. The molecule has 0 bridgehead atoms. The Labute approximate surface area is 363 Å². The SMILES string of the molecule is COc1ccc(C(=O)O[C@H]2[C@H](O[C@@H]3[C@@H](OC(C)=O)[C@H](O[C@H]4C[C@H]5[C@@H]6CC=C7C[C@@H](O)CC[C@]7(C)[C@H]6CC[C@]5(C)[C@@]4(O)[C@H](C)C(=O)NCC(C)C)OC[C@@H]3O)OC[C@@H](O)[C@@H]2O)cc1. The average molecular weight is 874 g/mol. The van der Waals surface area contributed by atoms with Gasteiger partial charge in [0.15, 0.2) is 24.8 Å². The first-order valence-electron chi connectivity index (χ1n) is 22.3. The Morgan fingerprint density at radius 2 is 1.55 bits per heavy atom. The Balaban J connectivity index is 1.18. The molecule has 3 saturated carbocycles. The summed E-state index contributed by atoms with van der Waals surface area (Å²) < 4.78 is 41.6. The second-order valence-corrected chi connectivity index (χ2v) is 19.5. The van der Waals surface area contributed by atoms with Gasteiger partial charge in [0.2, 0.25) is 5.91 Å². The molecule has 0 radical (unpaired) electrons. The van der Waals surface area contributed by atoms with Crippen LogP contribution in [0, 0.1) is 40.4 Å². The minimum Gasteiger partial charge on any atom is -0.497 e. The molecule has 16 nitrogen and oxygen atoms in total. The largest absolute Gasteiger partial charge is 0.497 e. The molecular formula is C46H67NO15. The Morgan fingerprint density at radius 3 is 2.21 bits per heavy atom. The molecule has 0 aromatic heterocycles. The van der Waals surface area contributed by atoms with Crippen molar-refractivity contribution >= 4 is 17.8 Å². The van der Waals surface area contributed by atoms with E-state index in [1.807, 2.05) is 13.8 Å². The summed E-state index contributed by atoms with van der Waals surface area (Å²) in [6, 6.07) is 6.03. The van der Waals surface area contributed by atoms with Crippen LogP contribution in [-0.2, 0) is 38.0 Å². The monoisotopic (exact) mass is 873 g/mol. The van der Waals surface area contributed by atoms with Crippen molar-refractivity contribution in [3.63, 3.8) is 0 Å². The van der Waals surface area contributed by atoms with Crippen LogP contribution < -0.4 is 10.1 Å². The maximum Gasteiger partial charge on any atom is 0.338 e. The maximum absolute atomic E-state index is 14.0. The van der Waals surface area contributed by atoms with Crippen LogP contribution in [0.4, 0.5) is 0 Å². The fourth-order valence-electron chi connectivity index (χ4n) is 11.9. The number of aliphatic hydroxyl groups excluding tert-OH is 4. The number of allylic oxidation sites excluding steroid dienone is 1. The van der Waals surface area contributed by atoms with Crippen molar-refractivity contribution in [1.82, 2.24) is 5.32 Å². The first-order chi connectivity index (χ1) is 29.3. The lowest BCUT2D eigenvalue weighted by Gasteiger charge is -2.59. The molecule has 0 unspecified atom stereocenters. The Bertz CT molecular complexity index is 1810. The number of amides is 1. The zero-order chi connectivity index (χ0) is 44.9. The molecule has 2 aliphatic heterocycles. The maximum atomic E-state index is 14.0. The molecule has 346 valence electrons. The number of ether oxygens (including phenoxy) is 7. The van der Waals surface area contributed by atoms with Gasteiger partial charge in [-0.2, -0.15) is 0 Å². The van der Waals surface area contributed by atoms with E-state index in [2.05, 4.69) is 25.2 Å². The molecule has 6 N–H and O–H groups in total. The number of nitrogens with one attached hydrogen (secondary N) is 1. The molecule has 16 heteroatoms. The van der Waals surface area contributed by atoms with E-state index in [0.29, 0.717) is 37.5 Å². The lowest BCUT2D eigenvalue weighted by atomic mass is 9.46. The van der Waals surface area contributed by atoms with Gasteiger partial charge in [0.25, 0.3) is 0 Å². The predicted octanol–water partition coefficient (Wildman–Crippen LogP) is 2.79. The molecule has 62 heavy (non-hydrogen) atoms. The molecule has 0 spiro atoms. The molecule has 4 aliphatic carbocycles. The zero-order valence-electron chi connectivity index (χ0n) is 36.9. The molecule has 1 aromatic rings. The summed E-state index contributed by atoms with van der Waals surface area (Å²) in [6.45, 7) is 10.9. The van der Waals surface area contributed by atoms with Crippen molar-refractivity contribution in [2.45, 2.75) is 154 Å². The van der Waals surface area contributed by atoms with Crippen LogP contribution in [0.2, 0.25) is 0 Å². The number of methoxy groups -OCH3 is 1.